The summed E-state index contributed by atoms with van der Waals surface area (Å²) in [4.78, 5) is 9.16. The minimum absolute atomic E-state index is 0.530. The summed E-state index contributed by atoms with van der Waals surface area (Å²) in [5.74, 6) is 1.63. The number of hydrogen-bond acceptors (Lipinski definition) is 4. The number of nitrogens with one attached hydrogen (secondary N) is 1. The molecular formula is C16H21N5. The molecule has 0 atom stereocenters. The lowest BCUT2D eigenvalue weighted by Gasteiger charge is -2.07. The van der Waals surface area contributed by atoms with Gasteiger partial charge in [-0.2, -0.15) is 0 Å². The number of imidazole rings is 1. The summed E-state index contributed by atoms with van der Waals surface area (Å²) in [6.45, 7) is 6.86. The van der Waals surface area contributed by atoms with E-state index < -0.39 is 0 Å². The number of benzene rings is 1. The van der Waals surface area contributed by atoms with E-state index in [0.717, 1.165) is 53.8 Å². The van der Waals surface area contributed by atoms with Gasteiger partial charge in [-0.3, -0.25) is 0 Å². The third-order valence-electron chi connectivity index (χ3n) is 3.73. The van der Waals surface area contributed by atoms with Crippen LogP contribution in [0.15, 0.2) is 24.3 Å². The highest BCUT2D eigenvalue weighted by atomic mass is 15.1. The molecule has 1 aromatic carbocycles. The van der Waals surface area contributed by atoms with Crippen LogP contribution in [0.25, 0.3) is 21.9 Å². The Hall–Kier alpha value is -2.14. The minimum Gasteiger partial charge on any atom is -0.382 e. The fourth-order valence-electron chi connectivity index (χ4n) is 2.85. The summed E-state index contributed by atoms with van der Waals surface area (Å²) in [7, 11) is 0. The fourth-order valence-corrected chi connectivity index (χ4v) is 2.85. The molecule has 0 aliphatic carbocycles. The van der Waals surface area contributed by atoms with Crippen LogP contribution in [0.3, 0.4) is 0 Å². The number of rotatable bonds is 0. The molecular weight excluding hydrogens is 262 g/mol. The summed E-state index contributed by atoms with van der Waals surface area (Å²) < 4.78 is 2.29. The molecule has 0 radical (unpaired) electrons. The Balaban J connectivity index is 0.000000636. The van der Waals surface area contributed by atoms with Gasteiger partial charge in [-0.25, -0.2) is 9.97 Å². The zero-order valence-corrected chi connectivity index (χ0v) is 12.6. The van der Waals surface area contributed by atoms with Gasteiger partial charge in [0.05, 0.1) is 11.0 Å². The van der Waals surface area contributed by atoms with Crippen LogP contribution in [-0.4, -0.2) is 27.6 Å². The maximum atomic E-state index is 6.07. The Labute approximate surface area is 124 Å². The third-order valence-corrected chi connectivity index (χ3v) is 3.73. The van der Waals surface area contributed by atoms with Gasteiger partial charge in [-0.1, -0.05) is 32.0 Å². The molecule has 5 nitrogen and oxygen atoms in total. The van der Waals surface area contributed by atoms with Crippen LogP contribution in [0.1, 0.15) is 19.7 Å². The second-order valence-corrected chi connectivity index (χ2v) is 4.89. The van der Waals surface area contributed by atoms with Crippen molar-refractivity contribution in [2.24, 2.45) is 0 Å². The zero-order valence-electron chi connectivity index (χ0n) is 12.6. The summed E-state index contributed by atoms with van der Waals surface area (Å²) in [6, 6.07) is 8.12. The van der Waals surface area contributed by atoms with Crippen LogP contribution >= 0.6 is 0 Å². The van der Waals surface area contributed by atoms with Gasteiger partial charge in [0.25, 0.3) is 0 Å². The summed E-state index contributed by atoms with van der Waals surface area (Å²) in [5, 5.41) is 4.53. The smallest absolute Gasteiger partial charge is 0.152 e. The highest BCUT2D eigenvalue weighted by Gasteiger charge is 2.17. The van der Waals surface area contributed by atoms with Crippen molar-refractivity contribution < 1.29 is 0 Å². The average molecular weight is 283 g/mol. The molecule has 0 saturated carbocycles. The number of aromatic nitrogens is 3. The van der Waals surface area contributed by atoms with Crippen molar-refractivity contribution >= 4 is 27.8 Å². The van der Waals surface area contributed by atoms with E-state index in [4.69, 9.17) is 10.7 Å². The van der Waals surface area contributed by atoms with Crippen molar-refractivity contribution in [3.8, 4) is 0 Å². The van der Waals surface area contributed by atoms with Gasteiger partial charge in [0.1, 0.15) is 11.3 Å². The van der Waals surface area contributed by atoms with E-state index in [9.17, 15) is 0 Å². The summed E-state index contributed by atoms with van der Waals surface area (Å²) >= 11 is 0. The lowest BCUT2D eigenvalue weighted by Crippen LogP contribution is -2.17. The van der Waals surface area contributed by atoms with Crippen molar-refractivity contribution in [3.05, 3.63) is 30.1 Å². The molecule has 3 N–H and O–H groups in total. The van der Waals surface area contributed by atoms with Crippen molar-refractivity contribution in [2.45, 2.75) is 26.8 Å². The molecule has 0 fully saturated rings. The Morgan fingerprint density at radius 1 is 1.14 bits per heavy atom. The maximum Gasteiger partial charge on any atom is 0.152 e. The van der Waals surface area contributed by atoms with Gasteiger partial charge in [0, 0.05) is 31.4 Å². The Bertz CT molecular complexity index is 775. The second kappa shape index (κ2) is 5.69. The van der Waals surface area contributed by atoms with Gasteiger partial charge >= 0.3 is 0 Å². The van der Waals surface area contributed by atoms with E-state index in [0.29, 0.717) is 5.82 Å². The molecule has 0 bridgehead atoms. The molecule has 0 saturated heterocycles. The number of anilines is 1. The number of para-hydroxylation sites is 1. The topological polar surface area (TPSA) is 68.8 Å². The molecule has 2 aromatic heterocycles. The number of fused-ring (bicyclic) bond motifs is 5. The van der Waals surface area contributed by atoms with Gasteiger partial charge < -0.3 is 15.6 Å². The molecule has 1 aliphatic rings. The monoisotopic (exact) mass is 283 g/mol. The van der Waals surface area contributed by atoms with Crippen LogP contribution in [0.4, 0.5) is 5.82 Å². The first-order chi connectivity index (χ1) is 10.3. The molecule has 3 aromatic rings. The largest absolute Gasteiger partial charge is 0.382 e. The predicted molar refractivity (Wildman–Crippen MR) is 87.4 cm³/mol. The van der Waals surface area contributed by atoms with Crippen molar-refractivity contribution in [1.82, 2.24) is 19.9 Å². The molecule has 21 heavy (non-hydrogen) atoms. The van der Waals surface area contributed by atoms with Gasteiger partial charge in [-0.05, 0) is 6.07 Å². The van der Waals surface area contributed by atoms with E-state index in [1.54, 1.807) is 0 Å². The second-order valence-electron chi connectivity index (χ2n) is 4.89. The lowest BCUT2D eigenvalue weighted by molar-refractivity contribution is 0.658. The Kier molecular flexibility index (Phi) is 3.75. The first kappa shape index (κ1) is 13.8. The molecule has 3 heterocycles. The van der Waals surface area contributed by atoms with E-state index in [-0.39, 0.29) is 0 Å². The van der Waals surface area contributed by atoms with E-state index in [2.05, 4.69) is 20.9 Å². The Morgan fingerprint density at radius 2 is 1.95 bits per heavy atom. The molecule has 110 valence electrons. The Morgan fingerprint density at radius 3 is 2.81 bits per heavy atom. The SMILES string of the molecule is CC.Nc1nc2ccccc2c2c1nc1n2CCNCC1. The number of nitrogens with zero attached hydrogens (tertiary/aromatic N) is 3. The van der Waals surface area contributed by atoms with Crippen LogP contribution in [0.5, 0.6) is 0 Å². The summed E-state index contributed by atoms with van der Waals surface area (Å²) in [6.07, 6.45) is 0.933. The highest BCUT2D eigenvalue weighted by molar-refractivity contribution is 6.06. The van der Waals surface area contributed by atoms with Crippen molar-refractivity contribution in [3.63, 3.8) is 0 Å². The molecule has 4 rings (SSSR count). The van der Waals surface area contributed by atoms with E-state index in [1.807, 2.05) is 32.0 Å². The average Bonchev–Trinajstić information content (AvgIpc) is 2.74. The fraction of sp³-hybridized carbons (Fsp3) is 0.375. The van der Waals surface area contributed by atoms with Crippen molar-refractivity contribution in [1.29, 1.82) is 0 Å². The van der Waals surface area contributed by atoms with E-state index in [1.165, 1.54) is 0 Å². The lowest BCUT2D eigenvalue weighted by atomic mass is 10.2. The molecule has 0 spiro atoms. The number of hydrogen-bond donors (Lipinski definition) is 2. The van der Waals surface area contributed by atoms with Gasteiger partial charge in [0.2, 0.25) is 0 Å². The number of pyridine rings is 1. The molecule has 0 amide bonds. The number of nitrogen functional groups attached to an aromatic ring is 1. The zero-order chi connectivity index (χ0) is 14.8. The van der Waals surface area contributed by atoms with Crippen LogP contribution in [0.2, 0.25) is 0 Å². The van der Waals surface area contributed by atoms with Crippen molar-refractivity contribution in [2.75, 3.05) is 18.8 Å². The maximum absolute atomic E-state index is 6.07. The van der Waals surface area contributed by atoms with Gasteiger partial charge in [-0.15, -0.1) is 0 Å². The third kappa shape index (κ3) is 2.23. The van der Waals surface area contributed by atoms with Crippen LogP contribution < -0.4 is 11.1 Å². The minimum atomic E-state index is 0.530. The molecule has 1 aliphatic heterocycles. The summed E-state index contributed by atoms with van der Waals surface area (Å²) in [5.41, 5.74) is 8.98. The molecule has 5 heteroatoms. The number of nitrogens with two attached hydrogens (primary N) is 1. The van der Waals surface area contributed by atoms with Crippen LogP contribution in [-0.2, 0) is 13.0 Å². The normalized spacial score (nSPS) is 14.4. The quantitative estimate of drug-likeness (QED) is 0.664. The predicted octanol–water partition coefficient (Wildman–Crippen LogP) is 2.34. The van der Waals surface area contributed by atoms with Crippen LogP contribution in [0, 0.1) is 0 Å². The first-order valence-electron chi connectivity index (χ1n) is 7.58. The van der Waals surface area contributed by atoms with E-state index >= 15 is 0 Å². The standard InChI is InChI=1S/C14H15N5.C2H6/c15-14-12-13(9-3-1-2-4-10(9)17-14)19-8-7-16-6-5-11(19)18-12;1-2/h1-4,16H,5-8H2,(H2,15,17);1-2H3. The highest BCUT2D eigenvalue weighted by Crippen LogP contribution is 2.29. The first-order valence-corrected chi connectivity index (χ1v) is 7.58. The van der Waals surface area contributed by atoms with Gasteiger partial charge in [0.15, 0.2) is 5.82 Å². The molecule has 0 unspecified atom stereocenters.